The van der Waals surface area contributed by atoms with E-state index in [1.54, 1.807) is 5.51 Å². The Kier molecular flexibility index (Phi) is 3.59. The Hall–Kier alpha value is -2.73. The van der Waals surface area contributed by atoms with E-state index < -0.39 is 5.41 Å². The van der Waals surface area contributed by atoms with E-state index in [0.717, 1.165) is 27.8 Å². The Bertz CT molecular complexity index is 1080. The van der Waals surface area contributed by atoms with Crippen molar-refractivity contribution < 1.29 is 9.59 Å². The lowest BCUT2D eigenvalue weighted by Crippen LogP contribution is -2.59. The Morgan fingerprint density at radius 1 is 1.22 bits per heavy atom. The number of carbonyl (C=O) groups is 2. The molecule has 2 amide bonds. The second-order valence-electron chi connectivity index (χ2n) is 7.45. The molecule has 1 aliphatic heterocycles. The molecule has 2 atom stereocenters. The third-order valence-electron chi connectivity index (χ3n) is 6.10. The SMILES string of the molecule is NC(=O)C12CCN(C(=O)c3ccc4ncsc4c3)C(Cc3ccccc31)C2. The molecule has 0 spiro atoms. The van der Waals surface area contributed by atoms with Crippen molar-refractivity contribution >= 4 is 33.4 Å². The Morgan fingerprint density at radius 3 is 2.93 bits per heavy atom. The fraction of sp³-hybridized carbons (Fsp3) is 0.286. The zero-order valence-corrected chi connectivity index (χ0v) is 15.5. The minimum atomic E-state index is -0.655. The maximum atomic E-state index is 13.2. The highest BCUT2D eigenvalue weighted by molar-refractivity contribution is 7.16. The number of benzene rings is 2. The van der Waals surface area contributed by atoms with Gasteiger partial charge < -0.3 is 10.6 Å². The Labute approximate surface area is 160 Å². The van der Waals surface area contributed by atoms with Crippen molar-refractivity contribution in [3.63, 3.8) is 0 Å². The zero-order chi connectivity index (χ0) is 18.6. The first-order valence-electron chi connectivity index (χ1n) is 9.11. The number of rotatable bonds is 2. The first-order chi connectivity index (χ1) is 13.1. The predicted octanol–water partition coefficient (Wildman–Crippen LogP) is 2.88. The van der Waals surface area contributed by atoms with Gasteiger partial charge in [-0.05, 0) is 48.6 Å². The van der Waals surface area contributed by atoms with Crippen LogP contribution in [0.2, 0.25) is 0 Å². The van der Waals surface area contributed by atoms with Gasteiger partial charge >= 0.3 is 0 Å². The summed E-state index contributed by atoms with van der Waals surface area (Å²) in [5, 5.41) is 0. The summed E-state index contributed by atoms with van der Waals surface area (Å²) in [4.78, 5) is 31.9. The zero-order valence-electron chi connectivity index (χ0n) is 14.7. The number of amides is 2. The van der Waals surface area contributed by atoms with Crippen LogP contribution in [0.1, 0.15) is 34.3 Å². The first kappa shape index (κ1) is 16.4. The largest absolute Gasteiger partial charge is 0.369 e. The molecule has 3 aromatic rings. The topological polar surface area (TPSA) is 76.3 Å². The number of primary amides is 1. The summed E-state index contributed by atoms with van der Waals surface area (Å²) in [6.45, 7) is 0.543. The second kappa shape index (κ2) is 5.89. The number of fused-ring (bicyclic) bond motifs is 5. The number of carbonyl (C=O) groups excluding carboxylic acids is 2. The molecule has 2 heterocycles. The van der Waals surface area contributed by atoms with Gasteiger partial charge in [-0.15, -0.1) is 11.3 Å². The smallest absolute Gasteiger partial charge is 0.254 e. The standard InChI is InChI=1S/C21H19N3O2S/c22-20(26)21-7-8-24(15(11-21)9-13-3-1-2-4-16(13)21)19(25)14-5-6-17-18(10-14)27-12-23-17/h1-6,10,12,15H,7-9,11H2,(H2,22,26). The van der Waals surface area contributed by atoms with Gasteiger partial charge in [0.1, 0.15) is 0 Å². The highest BCUT2D eigenvalue weighted by atomic mass is 32.1. The van der Waals surface area contributed by atoms with Crippen LogP contribution in [0, 0.1) is 0 Å². The van der Waals surface area contributed by atoms with Gasteiger partial charge in [0.25, 0.3) is 5.91 Å². The van der Waals surface area contributed by atoms with Crippen molar-refractivity contribution in [1.82, 2.24) is 9.88 Å². The first-order valence-corrected chi connectivity index (χ1v) is 9.99. The van der Waals surface area contributed by atoms with Crippen molar-refractivity contribution in [2.75, 3.05) is 6.54 Å². The van der Waals surface area contributed by atoms with Gasteiger partial charge in [0.05, 0.1) is 21.1 Å². The van der Waals surface area contributed by atoms with Crippen LogP contribution in [-0.4, -0.2) is 34.3 Å². The van der Waals surface area contributed by atoms with Crippen LogP contribution in [0.3, 0.4) is 0 Å². The molecule has 6 heteroatoms. The molecule has 2 bridgehead atoms. The van der Waals surface area contributed by atoms with Crippen LogP contribution in [0.15, 0.2) is 48.0 Å². The van der Waals surface area contributed by atoms with E-state index in [0.29, 0.717) is 24.9 Å². The molecule has 2 aromatic carbocycles. The monoisotopic (exact) mass is 377 g/mol. The van der Waals surface area contributed by atoms with Gasteiger partial charge in [-0.3, -0.25) is 9.59 Å². The lowest BCUT2D eigenvalue weighted by molar-refractivity contribution is -0.126. The average Bonchev–Trinajstić information content (AvgIpc) is 3.15. The highest BCUT2D eigenvalue weighted by Gasteiger charge is 2.50. The normalized spacial score (nSPS) is 23.9. The fourth-order valence-electron chi connectivity index (χ4n) is 4.73. The average molecular weight is 377 g/mol. The summed E-state index contributed by atoms with van der Waals surface area (Å²) in [5.74, 6) is -0.259. The summed E-state index contributed by atoms with van der Waals surface area (Å²) >= 11 is 1.53. The molecule has 1 aromatic heterocycles. The van der Waals surface area contributed by atoms with E-state index in [-0.39, 0.29) is 17.9 Å². The van der Waals surface area contributed by atoms with Gasteiger partial charge in [-0.25, -0.2) is 4.98 Å². The quantitative estimate of drug-likeness (QED) is 0.746. The molecule has 2 N–H and O–H groups in total. The highest BCUT2D eigenvalue weighted by Crippen LogP contribution is 2.45. The molecule has 1 saturated heterocycles. The molecule has 0 saturated carbocycles. The lowest BCUT2D eigenvalue weighted by Gasteiger charge is -2.49. The molecular weight excluding hydrogens is 358 g/mol. The number of aromatic nitrogens is 1. The van der Waals surface area contributed by atoms with Crippen molar-refractivity contribution in [3.8, 4) is 0 Å². The molecule has 136 valence electrons. The number of hydrogen-bond donors (Lipinski definition) is 1. The van der Waals surface area contributed by atoms with Crippen LogP contribution < -0.4 is 5.73 Å². The van der Waals surface area contributed by atoms with Crippen LogP contribution in [0.25, 0.3) is 10.2 Å². The summed E-state index contributed by atoms with van der Waals surface area (Å²) in [7, 11) is 0. The molecule has 5 rings (SSSR count). The Balaban J connectivity index is 1.52. The van der Waals surface area contributed by atoms with Crippen molar-refractivity contribution in [2.45, 2.75) is 30.7 Å². The van der Waals surface area contributed by atoms with Crippen LogP contribution >= 0.6 is 11.3 Å². The molecule has 2 aliphatic rings. The summed E-state index contributed by atoms with van der Waals surface area (Å²) < 4.78 is 1.01. The van der Waals surface area contributed by atoms with Gasteiger partial charge in [-0.1, -0.05) is 24.3 Å². The molecule has 27 heavy (non-hydrogen) atoms. The van der Waals surface area contributed by atoms with E-state index in [1.165, 1.54) is 11.3 Å². The van der Waals surface area contributed by atoms with E-state index in [4.69, 9.17) is 5.73 Å². The maximum absolute atomic E-state index is 13.2. The second-order valence-corrected chi connectivity index (χ2v) is 8.34. The molecule has 5 nitrogen and oxygen atoms in total. The summed E-state index contributed by atoms with van der Waals surface area (Å²) in [6.07, 6.45) is 1.94. The fourth-order valence-corrected chi connectivity index (χ4v) is 5.45. The van der Waals surface area contributed by atoms with Gasteiger partial charge in [0, 0.05) is 18.2 Å². The molecule has 1 aliphatic carbocycles. The van der Waals surface area contributed by atoms with Crippen molar-refractivity contribution in [1.29, 1.82) is 0 Å². The molecular formula is C21H19N3O2S. The molecule has 2 unspecified atom stereocenters. The van der Waals surface area contributed by atoms with Gasteiger partial charge in [-0.2, -0.15) is 0 Å². The summed E-state index contributed by atoms with van der Waals surface area (Å²) in [6, 6.07) is 13.7. The third-order valence-corrected chi connectivity index (χ3v) is 6.90. The third kappa shape index (κ3) is 2.40. The summed E-state index contributed by atoms with van der Waals surface area (Å²) in [5.41, 5.74) is 10.8. The number of thiazole rings is 1. The minimum Gasteiger partial charge on any atom is -0.369 e. The van der Waals surface area contributed by atoms with Gasteiger partial charge in [0.15, 0.2) is 0 Å². The minimum absolute atomic E-state index is 0.00851. The number of nitrogens with zero attached hydrogens (tertiary/aromatic N) is 2. The van der Waals surface area contributed by atoms with Crippen LogP contribution in [0.5, 0.6) is 0 Å². The number of nitrogens with two attached hydrogens (primary N) is 1. The number of likely N-dealkylation sites (tertiary alicyclic amines) is 1. The molecule has 1 fully saturated rings. The molecule has 0 radical (unpaired) electrons. The predicted molar refractivity (Wildman–Crippen MR) is 105 cm³/mol. The number of hydrogen-bond acceptors (Lipinski definition) is 4. The lowest BCUT2D eigenvalue weighted by atomic mass is 9.63. The van der Waals surface area contributed by atoms with E-state index >= 15 is 0 Å². The van der Waals surface area contributed by atoms with Crippen molar-refractivity contribution in [3.05, 3.63) is 64.7 Å². The Morgan fingerprint density at radius 2 is 2.07 bits per heavy atom. The van der Waals surface area contributed by atoms with E-state index in [1.807, 2.05) is 41.3 Å². The maximum Gasteiger partial charge on any atom is 0.254 e. The van der Waals surface area contributed by atoms with E-state index in [2.05, 4.69) is 11.1 Å². The van der Waals surface area contributed by atoms with Crippen LogP contribution in [-0.2, 0) is 16.6 Å². The van der Waals surface area contributed by atoms with Gasteiger partial charge in [0.2, 0.25) is 5.91 Å². The van der Waals surface area contributed by atoms with E-state index in [9.17, 15) is 9.59 Å². The number of piperidine rings is 1. The van der Waals surface area contributed by atoms with Crippen molar-refractivity contribution in [2.24, 2.45) is 5.73 Å². The van der Waals surface area contributed by atoms with Crippen LogP contribution in [0.4, 0.5) is 0 Å².